The fraction of sp³-hybridized carbons (Fsp3) is 0.200. The molecular weight excluding hydrogens is 416 g/mol. The van der Waals surface area contributed by atoms with Gasteiger partial charge in [-0.1, -0.05) is 28.1 Å². The SMILES string of the molecule is CC(c1ccc(S(N)(=O)=O)cc1)N(C)S(=O)(=O)c1ccc(Br)cc1. The molecule has 2 rings (SSSR count). The summed E-state index contributed by atoms with van der Waals surface area (Å²) in [4.78, 5) is 0.165. The number of sulfonamides is 2. The Kier molecular flexibility index (Phi) is 5.50. The summed E-state index contributed by atoms with van der Waals surface area (Å²) >= 11 is 3.27. The summed E-state index contributed by atoms with van der Waals surface area (Å²) in [6.45, 7) is 1.72. The predicted molar refractivity (Wildman–Crippen MR) is 95.3 cm³/mol. The van der Waals surface area contributed by atoms with Gasteiger partial charge in [0.25, 0.3) is 0 Å². The molecular formula is C15H17BrN2O4S2. The lowest BCUT2D eigenvalue weighted by atomic mass is 10.1. The van der Waals surface area contributed by atoms with Crippen LogP contribution >= 0.6 is 15.9 Å². The molecule has 2 N–H and O–H groups in total. The average molecular weight is 433 g/mol. The van der Waals surface area contributed by atoms with E-state index in [-0.39, 0.29) is 9.79 Å². The number of hydrogen-bond acceptors (Lipinski definition) is 4. The van der Waals surface area contributed by atoms with Crippen LogP contribution in [0, 0.1) is 0 Å². The molecule has 0 aliphatic heterocycles. The standard InChI is InChI=1S/C15H17BrN2O4S2/c1-11(12-3-7-14(8-4-12)23(17,19)20)18(2)24(21,22)15-9-5-13(16)6-10-15/h3-11H,1-2H3,(H2,17,19,20). The smallest absolute Gasteiger partial charge is 0.225 e. The van der Waals surface area contributed by atoms with E-state index in [1.807, 2.05) is 0 Å². The second kappa shape index (κ2) is 6.93. The van der Waals surface area contributed by atoms with Gasteiger partial charge in [0.15, 0.2) is 0 Å². The van der Waals surface area contributed by atoms with Crippen LogP contribution in [-0.4, -0.2) is 28.2 Å². The number of halogens is 1. The van der Waals surface area contributed by atoms with Gasteiger partial charge in [0.05, 0.1) is 9.79 Å². The van der Waals surface area contributed by atoms with Crippen molar-refractivity contribution in [1.82, 2.24) is 4.31 Å². The van der Waals surface area contributed by atoms with Crippen molar-refractivity contribution in [3.8, 4) is 0 Å². The second-order valence-electron chi connectivity index (χ2n) is 5.27. The normalized spacial score (nSPS) is 13.9. The quantitative estimate of drug-likeness (QED) is 0.784. The van der Waals surface area contributed by atoms with Crippen LogP contribution in [-0.2, 0) is 20.0 Å². The Morgan fingerprint density at radius 3 is 1.83 bits per heavy atom. The van der Waals surface area contributed by atoms with E-state index in [1.54, 1.807) is 31.2 Å². The molecule has 0 saturated carbocycles. The molecule has 130 valence electrons. The third-order valence-electron chi connectivity index (χ3n) is 3.73. The highest BCUT2D eigenvalue weighted by Gasteiger charge is 2.26. The van der Waals surface area contributed by atoms with Gasteiger partial charge in [-0.05, 0) is 48.9 Å². The molecule has 0 aliphatic rings. The van der Waals surface area contributed by atoms with E-state index in [0.717, 1.165) is 4.47 Å². The molecule has 0 bridgehead atoms. The van der Waals surface area contributed by atoms with Crippen molar-refractivity contribution in [2.24, 2.45) is 5.14 Å². The van der Waals surface area contributed by atoms with Crippen LogP contribution in [0.2, 0.25) is 0 Å². The summed E-state index contributed by atoms with van der Waals surface area (Å²) in [6.07, 6.45) is 0. The molecule has 0 amide bonds. The van der Waals surface area contributed by atoms with Crippen molar-refractivity contribution in [2.45, 2.75) is 22.8 Å². The molecule has 0 spiro atoms. The molecule has 9 heteroatoms. The van der Waals surface area contributed by atoms with Gasteiger partial charge in [-0.25, -0.2) is 22.0 Å². The molecule has 0 aromatic heterocycles. The van der Waals surface area contributed by atoms with Crippen molar-refractivity contribution in [2.75, 3.05) is 7.05 Å². The fourth-order valence-corrected chi connectivity index (χ4v) is 4.26. The van der Waals surface area contributed by atoms with Crippen molar-refractivity contribution < 1.29 is 16.8 Å². The van der Waals surface area contributed by atoms with E-state index >= 15 is 0 Å². The maximum Gasteiger partial charge on any atom is 0.243 e. The topological polar surface area (TPSA) is 97.5 Å². The first-order valence-electron chi connectivity index (χ1n) is 6.90. The minimum Gasteiger partial charge on any atom is -0.225 e. The first-order chi connectivity index (χ1) is 11.0. The summed E-state index contributed by atoms with van der Waals surface area (Å²) in [7, 11) is -5.97. The van der Waals surface area contributed by atoms with Crippen molar-refractivity contribution in [1.29, 1.82) is 0 Å². The number of hydrogen-bond donors (Lipinski definition) is 1. The predicted octanol–water partition coefficient (Wildman–Crippen LogP) is 2.48. The Balaban J connectivity index is 2.31. The number of primary sulfonamides is 1. The zero-order valence-corrected chi connectivity index (χ0v) is 16.3. The highest BCUT2D eigenvalue weighted by atomic mass is 79.9. The van der Waals surface area contributed by atoms with Crippen LogP contribution in [0.15, 0.2) is 62.8 Å². The van der Waals surface area contributed by atoms with Crippen molar-refractivity contribution in [3.05, 3.63) is 58.6 Å². The summed E-state index contributed by atoms with van der Waals surface area (Å²) < 4.78 is 50.0. The highest BCUT2D eigenvalue weighted by Crippen LogP contribution is 2.27. The molecule has 0 heterocycles. The minimum atomic E-state index is -3.78. The van der Waals surface area contributed by atoms with Crippen LogP contribution in [0.1, 0.15) is 18.5 Å². The summed E-state index contributed by atoms with van der Waals surface area (Å²) in [5.41, 5.74) is 0.658. The first-order valence-corrected chi connectivity index (χ1v) is 10.7. The Bertz CT molecular complexity index is 924. The largest absolute Gasteiger partial charge is 0.243 e. The molecule has 0 aliphatic carbocycles. The van der Waals surface area contributed by atoms with E-state index < -0.39 is 26.1 Å². The molecule has 0 radical (unpaired) electrons. The molecule has 2 aromatic rings. The van der Waals surface area contributed by atoms with Gasteiger partial charge in [-0.3, -0.25) is 0 Å². The molecule has 1 unspecified atom stereocenters. The lowest BCUT2D eigenvalue weighted by Crippen LogP contribution is -2.29. The molecule has 6 nitrogen and oxygen atoms in total. The van der Waals surface area contributed by atoms with Crippen LogP contribution in [0.3, 0.4) is 0 Å². The maximum atomic E-state index is 12.7. The van der Waals surface area contributed by atoms with Gasteiger partial charge in [0.1, 0.15) is 0 Å². The number of rotatable bonds is 5. The Hall–Kier alpha value is -1.26. The van der Waals surface area contributed by atoms with E-state index in [9.17, 15) is 16.8 Å². The molecule has 0 fully saturated rings. The van der Waals surface area contributed by atoms with E-state index in [1.165, 1.54) is 35.6 Å². The van der Waals surface area contributed by atoms with Gasteiger partial charge in [-0.2, -0.15) is 4.31 Å². The summed E-state index contributed by atoms with van der Waals surface area (Å²) in [6, 6.07) is 11.7. The summed E-state index contributed by atoms with van der Waals surface area (Å²) in [5.74, 6) is 0. The molecule has 0 saturated heterocycles. The van der Waals surface area contributed by atoms with Crippen LogP contribution < -0.4 is 5.14 Å². The fourth-order valence-electron chi connectivity index (χ4n) is 2.13. The zero-order chi connectivity index (χ0) is 18.1. The van der Waals surface area contributed by atoms with Gasteiger partial charge >= 0.3 is 0 Å². The third kappa shape index (κ3) is 4.04. The van der Waals surface area contributed by atoms with Crippen molar-refractivity contribution in [3.63, 3.8) is 0 Å². The number of benzene rings is 2. The molecule has 1 atom stereocenters. The number of nitrogens with zero attached hydrogens (tertiary/aromatic N) is 1. The van der Waals surface area contributed by atoms with Gasteiger partial charge in [0.2, 0.25) is 20.0 Å². The van der Waals surface area contributed by atoms with Gasteiger partial charge in [-0.15, -0.1) is 0 Å². The van der Waals surface area contributed by atoms with E-state index in [0.29, 0.717) is 5.56 Å². The van der Waals surface area contributed by atoms with E-state index in [4.69, 9.17) is 5.14 Å². The van der Waals surface area contributed by atoms with Crippen LogP contribution in [0.5, 0.6) is 0 Å². The molecule has 2 aromatic carbocycles. The van der Waals surface area contributed by atoms with Gasteiger partial charge < -0.3 is 0 Å². The lowest BCUT2D eigenvalue weighted by molar-refractivity contribution is 0.398. The van der Waals surface area contributed by atoms with E-state index in [2.05, 4.69) is 15.9 Å². The second-order valence-corrected chi connectivity index (χ2v) is 9.74. The average Bonchev–Trinajstić information content (AvgIpc) is 2.53. The highest BCUT2D eigenvalue weighted by molar-refractivity contribution is 9.10. The lowest BCUT2D eigenvalue weighted by Gasteiger charge is -2.25. The Morgan fingerprint density at radius 2 is 1.38 bits per heavy atom. The third-order valence-corrected chi connectivity index (χ3v) is 7.13. The van der Waals surface area contributed by atoms with Crippen LogP contribution in [0.4, 0.5) is 0 Å². The minimum absolute atomic E-state index is 0.0168. The van der Waals surface area contributed by atoms with Crippen LogP contribution in [0.25, 0.3) is 0 Å². The van der Waals surface area contributed by atoms with Gasteiger partial charge in [0, 0.05) is 17.6 Å². The maximum absolute atomic E-state index is 12.7. The molecule has 24 heavy (non-hydrogen) atoms. The Labute approximate surface area is 150 Å². The zero-order valence-electron chi connectivity index (χ0n) is 13.0. The summed E-state index contributed by atoms with van der Waals surface area (Å²) in [5, 5.41) is 5.06. The Morgan fingerprint density at radius 1 is 0.917 bits per heavy atom. The number of nitrogens with two attached hydrogens (primary N) is 1. The first kappa shape index (κ1) is 19.1. The van der Waals surface area contributed by atoms with Crippen molar-refractivity contribution >= 4 is 36.0 Å². The monoisotopic (exact) mass is 432 g/mol.